The minimum absolute atomic E-state index is 0.905. The lowest BCUT2D eigenvalue weighted by Crippen LogP contribution is -2.28. The second-order valence-electron chi connectivity index (χ2n) is 4.39. The molecule has 64 valence electrons. The van der Waals surface area contributed by atoms with Crippen LogP contribution in [0.4, 0.5) is 0 Å². The molecule has 1 fully saturated rings. The molecule has 1 heteroatoms. The van der Waals surface area contributed by atoms with Crippen molar-refractivity contribution in [3.8, 4) is 0 Å². The van der Waals surface area contributed by atoms with Crippen LogP contribution in [0.2, 0.25) is 19.0 Å². The Morgan fingerprint density at radius 3 is 3.17 bits per heavy atom. The Bertz CT molecular complexity index is 195. The third-order valence-corrected chi connectivity index (χ3v) is 3.32. The van der Waals surface area contributed by atoms with Gasteiger partial charge in [0.1, 0.15) is 6.71 Å². The van der Waals surface area contributed by atoms with Gasteiger partial charge in [-0.15, -0.1) is 6.58 Å². The summed E-state index contributed by atoms with van der Waals surface area (Å²) in [5.41, 5.74) is 0. The fourth-order valence-electron chi connectivity index (χ4n) is 2.86. The number of hydrogen-bond donors (Lipinski definition) is 0. The predicted octanol–water partition coefficient (Wildman–Crippen LogP) is 3.26. The number of fused-ring (bicyclic) bond motifs is 2. The van der Waals surface area contributed by atoms with Crippen LogP contribution in [-0.4, -0.2) is 6.71 Å². The van der Waals surface area contributed by atoms with E-state index < -0.39 is 0 Å². The fourth-order valence-corrected chi connectivity index (χ4v) is 2.86. The molecule has 2 bridgehead atoms. The van der Waals surface area contributed by atoms with Gasteiger partial charge in [-0.25, -0.2) is 0 Å². The Hall–Kier alpha value is -0.455. The molecule has 1 aliphatic heterocycles. The normalized spacial score (nSPS) is 33.5. The average molecular weight is 160 g/mol. The lowest BCUT2D eigenvalue weighted by Gasteiger charge is -2.34. The first-order valence-electron chi connectivity index (χ1n) is 5.16. The van der Waals surface area contributed by atoms with Crippen molar-refractivity contribution >= 4 is 6.71 Å². The largest absolute Gasteiger partial charge is 0.144 e. The van der Waals surface area contributed by atoms with Gasteiger partial charge in [0.25, 0.3) is 0 Å². The molecule has 0 nitrogen and oxygen atoms in total. The Balaban J connectivity index is 1.98. The molecule has 0 amide bonds. The molecule has 0 aromatic heterocycles. The van der Waals surface area contributed by atoms with E-state index in [1.165, 1.54) is 31.8 Å². The van der Waals surface area contributed by atoms with Crippen LogP contribution >= 0.6 is 0 Å². The van der Waals surface area contributed by atoms with E-state index in [4.69, 9.17) is 0 Å². The van der Waals surface area contributed by atoms with E-state index in [9.17, 15) is 0 Å². The molecular weight excluding hydrogens is 143 g/mol. The summed E-state index contributed by atoms with van der Waals surface area (Å²) in [5, 5.41) is 0. The summed E-state index contributed by atoms with van der Waals surface area (Å²) in [4.78, 5) is 0. The van der Waals surface area contributed by atoms with Crippen LogP contribution in [-0.2, 0) is 0 Å². The van der Waals surface area contributed by atoms with Crippen LogP contribution in [0.5, 0.6) is 0 Å². The molecule has 0 aromatic rings. The van der Waals surface area contributed by atoms with E-state index in [1.807, 2.05) is 0 Å². The molecule has 1 aliphatic carbocycles. The van der Waals surface area contributed by atoms with E-state index >= 15 is 0 Å². The lowest BCUT2D eigenvalue weighted by molar-refractivity contribution is 0.421. The fraction of sp³-hybridized carbons (Fsp3) is 0.636. The van der Waals surface area contributed by atoms with E-state index in [-0.39, 0.29) is 0 Å². The van der Waals surface area contributed by atoms with Gasteiger partial charge in [0.2, 0.25) is 0 Å². The summed E-state index contributed by atoms with van der Waals surface area (Å²) in [6.07, 6.45) is 13.8. The maximum atomic E-state index is 3.83. The van der Waals surface area contributed by atoms with Gasteiger partial charge in [0.15, 0.2) is 0 Å². The Labute approximate surface area is 75.8 Å². The van der Waals surface area contributed by atoms with Crippen molar-refractivity contribution in [2.45, 2.75) is 31.8 Å². The van der Waals surface area contributed by atoms with Crippen LogP contribution in [0.3, 0.4) is 0 Å². The maximum absolute atomic E-state index is 3.83. The minimum Gasteiger partial charge on any atom is -0.104 e. The highest BCUT2D eigenvalue weighted by Gasteiger charge is 2.30. The maximum Gasteiger partial charge on any atom is 0.144 e. The minimum atomic E-state index is 0.905. The molecule has 1 heterocycles. The molecule has 0 aromatic carbocycles. The molecular formula is C11H17B. The van der Waals surface area contributed by atoms with Gasteiger partial charge >= 0.3 is 0 Å². The van der Waals surface area contributed by atoms with Crippen LogP contribution < -0.4 is 0 Å². The molecule has 0 saturated carbocycles. The van der Waals surface area contributed by atoms with Gasteiger partial charge in [0, 0.05) is 0 Å². The smallest absolute Gasteiger partial charge is 0.104 e. The van der Waals surface area contributed by atoms with E-state index in [1.54, 1.807) is 0 Å². The second-order valence-corrected chi connectivity index (χ2v) is 4.39. The van der Waals surface area contributed by atoms with Crippen LogP contribution in [0.25, 0.3) is 0 Å². The highest BCUT2D eigenvalue weighted by atomic mass is 14.2. The number of hydrogen-bond acceptors (Lipinski definition) is 0. The van der Waals surface area contributed by atoms with Crippen LogP contribution in [0.15, 0.2) is 24.8 Å². The van der Waals surface area contributed by atoms with Crippen molar-refractivity contribution in [2.24, 2.45) is 11.8 Å². The van der Waals surface area contributed by atoms with Crippen molar-refractivity contribution in [1.29, 1.82) is 0 Å². The standard InChI is InChI=1S/C11H17B/c1-2-6-12-8-10-4-3-5-11(7-10)9-12/h2-4,10-11H,1,5-9H2/t10-,11+/m1/s1. The van der Waals surface area contributed by atoms with Gasteiger partial charge in [0.05, 0.1) is 0 Å². The summed E-state index contributed by atoms with van der Waals surface area (Å²) in [6.45, 7) is 4.77. The quantitative estimate of drug-likeness (QED) is 0.429. The van der Waals surface area contributed by atoms with Gasteiger partial charge in [-0.2, -0.15) is 0 Å². The monoisotopic (exact) mass is 160 g/mol. The third-order valence-electron chi connectivity index (χ3n) is 3.32. The molecule has 0 unspecified atom stereocenters. The summed E-state index contributed by atoms with van der Waals surface area (Å²) in [5.74, 6) is 1.90. The molecule has 12 heavy (non-hydrogen) atoms. The molecule has 2 aliphatic rings. The topological polar surface area (TPSA) is 0 Å². The first kappa shape index (κ1) is 8.16. The molecule has 0 N–H and O–H groups in total. The molecule has 0 radical (unpaired) electrons. The SMILES string of the molecule is C=CCB1C[C@@H]2C=CC[C@H](C1)C2. The third kappa shape index (κ3) is 1.65. The first-order chi connectivity index (χ1) is 5.88. The average Bonchev–Trinajstić information content (AvgIpc) is 2.04. The Kier molecular flexibility index (Phi) is 2.39. The Morgan fingerprint density at radius 2 is 2.42 bits per heavy atom. The zero-order valence-electron chi connectivity index (χ0n) is 7.71. The summed E-state index contributed by atoms with van der Waals surface area (Å²) >= 11 is 0. The van der Waals surface area contributed by atoms with Gasteiger partial charge < -0.3 is 0 Å². The highest BCUT2D eigenvalue weighted by Crippen LogP contribution is 2.37. The number of allylic oxidation sites excluding steroid dienone is 3. The highest BCUT2D eigenvalue weighted by molar-refractivity contribution is 6.59. The predicted molar refractivity (Wildman–Crippen MR) is 55.7 cm³/mol. The van der Waals surface area contributed by atoms with E-state index in [0.29, 0.717) is 0 Å². The lowest BCUT2D eigenvalue weighted by atomic mass is 9.35. The van der Waals surface area contributed by atoms with Crippen LogP contribution in [0, 0.1) is 11.8 Å². The van der Waals surface area contributed by atoms with Gasteiger partial charge in [-0.05, 0) is 24.7 Å². The molecule has 1 saturated heterocycles. The summed E-state index contributed by atoms with van der Waals surface area (Å²) in [7, 11) is 0. The van der Waals surface area contributed by atoms with Crippen molar-refractivity contribution < 1.29 is 0 Å². The summed E-state index contributed by atoms with van der Waals surface area (Å²) in [6, 6.07) is 0. The first-order valence-corrected chi connectivity index (χ1v) is 5.16. The van der Waals surface area contributed by atoms with E-state index in [0.717, 1.165) is 18.5 Å². The van der Waals surface area contributed by atoms with E-state index in [2.05, 4.69) is 24.8 Å². The van der Waals surface area contributed by atoms with Crippen molar-refractivity contribution in [3.63, 3.8) is 0 Å². The van der Waals surface area contributed by atoms with Gasteiger partial charge in [-0.1, -0.05) is 37.2 Å². The molecule has 2 atom stereocenters. The zero-order valence-corrected chi connectivity index (χ0v) is 7.71. The van der Waals surface area contributed by atoms with Crippen molar-refractivity contribution in [3.05, 3.63) is 24.8 Å². The Morgan fingerprint density at radius 1 is 1.50 bits per heavy atom. The number of rotatable bonds is 2. The van der Waals surface area contributed by atoms with Crippen molar-refractivity contribution in [1.82, 2.24) is 0 Å². The second kappa shape index (κ2) is 3.51. The molecule has 0 spiro atoms. The summed E-state index contributed by atoms with van der Waals surface area (Å²) < 4.78 is 0. The van der Waals surface area contributed by atoms with Crippen LogP contribution in [0.1, 0.15) is 12.8 Å². The molecule has 2 rings (SSSR count). The van der Waals surface area contributed by atoms with Gasteiger partial charge in [-0.3, -0.25) is 0 Å². The van der Waals surface area contributed by atoms with Crippen molar-refractivity contribution in [2.75, 3.05) is 0 Å². The zero-order chi connectivity index (χ0) is 8.39.